The van der Waals surface area contributed by atoms with E-state index < -0.39 is 0 Å². The fourth-order valence-electron chi connectivity index (χ4n) is 3.05. The number of thiophene rings is 1. The molecule has 2 heterocycles. The van der Waals surface area contributed by atoms with Gasteiger partial charge in [0.2, 0.25) is 5.91 Å². The van der Waals surface area contributed by atoms with Gasteiger partial charge in [0, 0.05) is 29.4 Å². The zero-order valence-corrected chi connectivity index (χ0v) is 14.9. The van der Waals surface area contributed by atoms with Crippen molar-refractivity contribution in [3.63, 3.8) is 0 Å². The largest absolute Gasteiger partial charge is 0.335 e. The molecule has 3 rings (SSSR count). The summed E-state index contributed by atoms with van der Waals surface area (Å²) in [5.74, 6) is 0.0240. The number of carbonyl (C=O) groups excluding carboxylic acids is 1. The second kappa shape index (κ2) is 8.10. The van der Waals surface area contributed by atoms with Gasteiger partial charge in [-0.15, -0.1) is 11.3 Å². The third-order valence-electron chi connectivity index (χ3n) is 4.34. The molecule has 2 aromatic rings. The summed E-state index contributed by atoms with van der Waals surface area (Å²) in [5, 5.41) is 3.28. The molecule has 24 heavy (non-hydrogen) atoms. The molecule has 0 spiro atoms. The third kappa shape index (κ3) is 4.35. The second-order valence-electron chi connectivity index (χ2n) is 5.98. The highest BCUT2D eigenvalue weighted by Crippen LogP contribution is 2.28. The SMILES string of the molecule is O=C1CCC(CCNCc2ccccc2F)N1Cc1ccc(Cl)s1. The minimum absolute atomic E-state index is 0.183. The number of likely N-dealkylation sites (tertiary alicyclic amines) is 1. The van der Waals surface area contributed by atoms with Crippen LogP contribution in [0.4, 0.5) is 4.39 Å². The predicted octanol–water partition coefficient (Wildman–Crippen LogP) is 4.21. The van der Waals surface area contributed by atoms with Gasteiger partial charge in [-0.1, -0.05) is 29.8 Å². The molecule has 1 aromatic heterocycles. The van der Waals surface area contributed by atoms with Crippen molar-refractivity contribution in [1.29, 1.82) is 0 Å². The molecule has 1 N–H and O–H groups in total. The Balaban J connectivity index is 1.48. The monoisotopic (exact) mass is 366 g/mol. The minimum Gasteiger partial charge on any atom is -0.335 e. The number of halogens is 2. The first-order valence-corrected chi connectivity index (χ1v) is 9.31. The lowest BCUT2D eigenvalue weighted by molar-refractivity contribution is -0.129. The van der Waals surface area contributed by atoms with Crippen molar-refractivity contribution in [2.45, 2.75) is 38.4 Å². The van der Waals surface area contributed by atoms with E-state index in [4.69, 9.17) is 11.6 Å². The number of amides is 1. The minimum atomic E-state index is -0.183. The van der Waals surface area contributed by atoms with Gasteiger partial charge in [0.15, 0.2) is 0 Å². The maximum absolute atomic E-state index is 13.6. The summed E-state index contributed by atoms with van der Waals surface area (Å²) in [5.41, 5.74) is 0.671. The number of hydrogen-bond donors (Lipinski definition) is 1. The van der Waals surface area contributed by atoms with Crippen molar-refractivity contribution >= 4 is 28.8 Å². The van der Waals surface area contributed by atoms with Crippen LogP contribution in [-0.2, 0) is 17.9 Å². The van der Waals surface area contributed by atoms with Crippen LogP contribution in [0, 0.1) is 5.82 Å². The Labute approximate surface area is 150 Å². The molecule has 0 saturated carbocycles. The molecule has 3 nitrogen and oxygen atoms in total. The third-order valence-corrected chi connectivity index (χ3v) is 5.55. The molecule has 0 radical (unpaired) electrons. The normalized spacial score (nSPS) is 17.7. The van der Waals surface area contributed by atoms with E-state index in [-0.39, 0.29) is 17.8 Å². The van der Waals surface area contributed by atoms with Crippen LogP contribution in [0.15, 0.2) is 36.4 Å². The fraction of sp³-hybridized carbons (Fsp3) is 0.389. The quantitative estimate of drug-likeness (QED) is 0.744. The molecular weight excluding hydrogens is 347 g/mol. The van der Waals surface area contributed by atoms with Crippen molar-refractivity contribution < 1.29 is 9.18 Å². The molecule has 1 amide bonds. The van der Waals surface area contributed by atoms with Crippen molar-refractivity contribution in [3.8, 4) is 0 Å². The average Bonchev–Trinajstić information content (AvgIpc) is 3.13. The maximum atomic E-state index is 13.6. The van der Waals surface area contributed by atoms with Gasteiger partial charge in [-0.2, -0.15) is 0 Å². The van der Waals surface area contributed by atoms with Gasteiger partial charge >= 0.3 is 0 Å². The van der Waals surface area contributed by atoms with Gasteiger partial charge in [0.1, 0.15) is 5.82 Å². The van der Waals surface area contributed by atoms with Gasteiger partial charge in [-0.3, -0.25) is 4.79 Å². The highest BCUT2D eigenvalue weighted by Gasteiger charge is 2.30. The standard InChI is InChI=1S/C18H20ClFN2OS/c19-17-7-6-15(24-17)12-22-14(5-8-18(22)23)9-10-21-11-13-3-1-2-4-16(13)20/h1-4,6-7,14,21H,5,8-12H2. The van der Waals surface area contributed by atoms with E-state index in [1.54, 1.807) is 12.1 Å². The number of hydrogen-bond acceptors (Lipinski definition) is 3. The van der Waals surface area contributed by atoms with Crippen LogP contribution in [0.3, 0.4) is 0 Å². The Hall–Kier alpha value is -1.43. The second-order valence-corrected chi connectivity index (χ2v) is 7.78. The highest BCUT2D eigenvalue weighted by molar-refractivity contribution is 7.16. The lowest BCUT2D eigenvalue weighted by atomic mass is 10.1. The molecule has 0 aliphatic carbocycles. The van der Waals surface area contributed by atoms with Crippen molar-refractivity contribution in [1.82, 2.24) is 10.2 Å². The summed E-state index contributed by atoms with van der Waals surface area (Å²) in [7, 11) is 0. The smallest absolute Gasteiger partial charge is 0.223 e. The molecule has 1 fully saturated rings. The molecule has 1 aliphatic rings. The summed E-state index contributed by atoms with van der Waals surface area (Å²) in [6, 6.07) is 10.9. The molecule has 1 unspecified atom stereocenters. The first-order valence-electron chi connectivity index (χ1n) is 8.11. The van der Waals surface area contributed by atoms with E-state index in [1.165, 1.54) is 17.4 Å². The van der Waals surface area contributed by atoms with E-state index in [2.05, 4.69) is 5.32 Å². The molecule has 1 atom stereocenters. The van der Waals surface area contributed by atoms with E-state index in [0.29, 0.717) is 25.1 Å². The first kappa shape index (κ1) is 17.4. The van der Waals surface area contributed by atoms with Gasteiger partial charge in [0.25, 0.3) is 0 Å². The predicted molar refractivity (Wildman–Crippen MR) is 95.6 cm³/mol. The lowest BCUT2D eigenvalue weighted by Crippen LogP contribution is -2.34. The molecule has 1 aliphatic heterocycles. The lowest BCUT2D eigenvalue weighted by Gasteiger charge is -2.24. The summed E-state index contributed by atoms with van der Waals surface area (Å²) >= 11 is 7.49. The molecule has 128 valence electrons. The first-order chi connectivity index (χ1) is 11.6. The van der Waals surface area contributed by atoms with Crippen LogP contribution in [-0.4, -0.2) is 23.4 Å². The van der Waals surface area contributed by atoms with Gasteiger partial charge in [-0.05, 0) is 37.6 Å². The van der Waals surface area contributed by atoms with Crippen molar-refractivity contribution in [2.75, 3.05) is 6.54 Å². The highest BCUT2D eigenvalue weighted by atomic mass is 35.5. The van der Waals surface area contributed by atoms with E-state index in [1.807, 2.05) is 23.1 Å². The van der Waals surface area contributed by atoms with Crippen LogP contribution < -0.4 is 5.32 Å². The summed E-state index contributed by atoms with van der Waals surface area (Å²) in [6.07, 6.45) is 2.37. The number of carbonyl (C=O) groups is 1. The van der Waals surface area contributed by atoms with Crippen LogP contribution in [0.25, 0.3) is 0 Å². The molecule has 1 saturated heterocycles. The zero-order valence-electron chi connectivity index (χ0n) is 13.3. The Morgan fingerprint density at radius 2 is 2.12 bits per heavy atom. The van der Waals surface area contributed by atoms with E-state index >= 15 is 0 Å². The van der Waals surface area contributed by atoms with Crippen LogP contribution in [0.1, 0.15) is 29.7 Å². The maximum Gasteiger partial charge on any atom is 0.223 e. The van der Waals surface area contributed by atoms with Crippen LogP contribution in [0.5, 0.6) is 0 Å². The summed E-state index contributed by atoms with van der Waals surface area (Å²) in [6.45, 7) is 1.90. The van der Waals surface area contributed by atoms with E-state index in [0.717, 1.165) is 28.6 Å². The average molecular weight is 367 g/mol. The number of benzene rings is 1. The van der Waals surface area contributed by atoms with Crippen molar-refractivity contribution in [2.24, 2.45) is 0 Å². The van der Waals surface area contributed by atoms with E-state index in [9.17, 15) is 9.18 Å². The molecule has 6 heteroatoms. The summed E-state index contributed by atoms with van der Waals surface area (Å²) < 4.78 is 14.3. The topological polar surface area (TPSA) is 32.3 Å². The Morgan fingerprint density at radius 3 is 2.88 bits per heavy atom. The number of nitrogens with zero attached hydrogens (tertiary/aromatic N) is 1. The Kier molecular flexibility index (Phi) is 5.87. The Morgan fingerprint density at radius 1 is 1.29 bits per heavy atom. The Bertz CT molecular complexity index is 706. The van der Waals surface area contributed by atoms with Gasteiger partial charge < -0.3 is 10.2 Å². The molecule has 1 aromatic carbocycles. The van der Waals surface area contributed by atoms with Crippen LogP contribution in [0.2, 0.25) is 4.34 Å². The van der Waals surface area contributed by atoms with Gasteiger partial charge in [-0.25, -0.2) is 4.39 Å². The zero-order chi connectivity index (χ0) is 16.9. The molecular formula is C18H20ClFN2OS. The number of rotatable bonds is 7. The van der Waals surface area contributed by atoms with Gasteiger partial charge in [0.05, 0.1) is 10.9 Å². The van der Waals surface area contributed by atoms with Crippen molar-refractivity contribution in [3.05, 3.63) is 57.0 Å². The number of nitrogens with one attached hydrogen (secondary N) is 1. The summed E-state index contributed by atoms with van der Waals surface area (Å²) in [4.78, 5) is 15.2. The van der Waals surface area contributed by atoms with Crippen LogP contribution >= 0.6 is 22.9 Å². The molecule has 0 bridgehead atoms. The fourth-order valence-corrected chi connectivity index (χ4v) is 4.14.